The van der Waals surface area contributed by atoms with Gasteiger partial charge in [-0.05, 0) is 37.0 Å². The van der Waals surface area contributed by atoms with Crippen LogP contribution in [-0.2, 0) is 4.79 Å². The lowest BCUT2D eigenvalue weighted by molar-refractivity contribution is -0.139. The van der Waals surface area contributed by atoms with Gasteiger partial charge in [0.25, 0.3) is 0 Å². The van der Waals surface area contributed by atoms with Crippen LogP contribution in [0, 0.1) is 19.8 Å². The fourth-order valence-electron chi connectivity index (χ4n) is 3.29. The largest absolute Gasteiger partial charge is 0.480 e. The zero-order valence-electron chi connectivity index (χ0n) is 10.6. The zero-order chi connectivity index (χ0) is 12.9. The van der Waals surface area contributed by atoms with E-state index in [1.807, 2.05) is 6.92 Å². The lowest BCUT2D eigenvalue weighted by Crippen LogP contribution is -2.42. The molecule has 0 aromatic heterocycles. The summed E-state index contributed by atoms with van der Waals surface area (Å²) in [6.45, 7) is 4.13. The number of benzene rings is 1. The van der Waals surface area contributed by atoms with Crippen LogP contribution in [0.3, 0.4) is 0 Å². The van der Waals surface area contributed by atoms with E-state index in [-0.39, 0.29) is 11.8 Å². The van der Waals surface area contributed by atoms with Crippen LogP contribution in [-0.4, -0.2) is 17.1 Å². The third-order valence-corrected chi connectivity index (χ3v) is 4.21. The molecule has 0 bridgehead atoms. The Hall–Kier alpha value is -1.77. The van der Waals surface area contributed by atoms with Gasteiger partial charge < -0.3 is 10.4 Å². The van der Waals surface area contributed by atoms with Gasteiger partial charge in [-0.1, -0.05) is 24.3 Å². The molecule has 1 aliphatic carbocycles. The van der Waals surface area contributed by atoms with Gasteiger partial charge in [0.15, 0.2) is 0 Å². The summed E-state index contributed by atoms with van der Waals surface area (Å²) in [5.41, 5.74) is 4.68. The van der Waals surface area contributed by atoms with Crippen molar-refractivity contribution in [2.45, 2.75) is 32.2 Å². The van der Waals surface area contributed by atoms with E-state index in [2.05, 4.69) is 36.5 Å². The van der Waals surface area contributed by atoms with Crippen molar-refractivity contribution >= 4 is 11.7 Å². The van der Waals surface area contributed by atoms with Gasteiger partial charge in [0.1, 0.15) is 6.04 Å². The van der Waals surface area contributed by atoms with Crippen LogP contribution in [0.15, 0.2) is 24.3 Å². The van der Waals surface area contributed by atoms with E-state index >= 15 is 0 Å². The number of aryl methyl sites for hydroxylation is 2. The van der Waals surface area contributed by atoms with Gasteiger partial charge in [-0.25, -0.2) is 4.79 Å². The average Bonchev–Trinajstić information content (AvgIpc) is 2.81. The van der Waals surface area contributed by atoms with Crippen LogP contribution in [0.5, 0.6) is 0 Å². The van der Waals surface area contributed by atoms with Crippen molar-refractivity contribution in [1.29, 1.82) is 0 Å². The second kappa shape index (κ2) is 3.87. The Morgan fingerprint density at radius 1 is 1.33 bits per heavy atom. The quantitative estimate of drug-likeness (QED) is 0.746. The lowest BCUT2D eigenvalue weighted by Gasteiger charge is -2.36. The van der Waals surface area contributed by atoms with Crippen molar-refractivity contribution in [2.24, 2.45) is 5.92 Å². The molecule has 0 spiro atoms. The average molecular weight is 243 g/mol. The number of allylic oxidation sites excluding steroid dienone is 2. The highest BCUT2D eigenvalue weighted by molar-refractivity contribution is 5.81. The smallest absolute Gasteiger partial charge is 0.326 e. The number of aliphatic carboxylic acids is 1. The van der Waals surface area contributed by atoms with E-state index in [1.165, 1.54) is 11.1 Å². The van der Waals surface area contributed by atoms with Gasteiger partial charge in [0.05, 0.1) is 0 Å². The molecule has 1 aliphatic heterocycles. The summed E-state index contributed by atoms with van der Waals surface area (Å²) in [6.07, 6.45) is 5.14. The summed E-state index contributed by atoms with van der Waals surface area (Å²) in [4.78, 5) is 11.4. The summed E-state index contributed by atoms with van der Waals surface area (Å²) in [7, 11) is 0. The number of hydrogen-bond donors (Lipinski definition) is 2. The highest BCUT2D eigenvalue weighted by Gasteiger charge is 2.41. The summed E-state index contributed by atoms with van der Waals surface area (Å²) in [6, 6.07) is 3.71. The number of carboxylic acids is 1. The molecule has 2 N–H and O–H groups in total. The standard InChI is InChI=1S/C15H17NO2/c1-8-6-7-9(2)13-12(8)10-4-3-5-11(10)14(16-13)15(17)18/h3-4,6-7,10-11,14,16H,5H2,1-2H3,(H,17,18)/t10-,11+,14+/m0/s1. The molecule has 0 saturated carbocycles. The van der Waals surface area contributed by atoms with Crippen LogP contribution >= 0.6 is 0 Å². The number of nitrogens with one attached hydrogen (secondary N) is 1. The molecule has 0 amide bonds. The first-order chi connectivity index (χ1) is 8.59. The number of carboxylic acid groups (broad SMARTS) is 1. The summed E-state index contributed by atoms with van der Waals surface area (Å²) in [5, 5.41) is 12.6. The minimum absolute atomic E-state index is 0.149. The minimum Gasteiger partial charge on any atom is -0.480 e. The van der Waals surface area contributed by atoms with E-state index in [1.54, 1.807) is 0 Å². The lowest BCUT2D eigenvalue weighted by atomic mass is 9.77. The Bertz CT molecular complexity index is 548. The molecule has 94 valence electrons. The monoisotopic (exact) mass is 243 g/mol. The molecule has 3 rings (SSSR count). The van der Waals surface area contributed by atoms with Crippen molar-refractivity contribution in [1.82, 2.24) is 0 Å². The molecule has 2 aliphatic rings. The van der Waals surface area contributed by atoms with E-state index in [4.69, 9.17) is 0 Å². The normalized spacial score (nSPS) is 28.4. The first kappa shape index (κ1) is 11.3. The van der Waals surface area contributed by atoms with Crippen LogP contribution in [0.2, 0.25) is 0 Å². The minimum atomic E-state index is -0.750. The number of rotatable bonds is 1. The van der Waals surface area contributed by atoms with Crippen LogP contribution in [0.25, 0.3) is 0 Å². The SMILES string of the molecule is Cc1ccc(C)c2c1N[C@@H](C(=O)O)[C@@H]1CC=C[C@H]21. The highest BCUT2D eigenvalue weighted by atomic mass is 16.4. The number of anilines is 1. The van der Waals surface area contributed by atoms with Gasteiger partial charge in [0.2, 0.25) is 0 Å². The maximum absolute atomic E-state index is 11.4. The van der Waals surface area contributed by atoms with Crippen molar-refractivity contribution < 1.29 is 9.90 Å². The van der Waals surface area contributed by atoms with E-state index in [0.717, 1.165) is 17.7 Å². The summed E-state index contributed by atoms with van der Waals surface area (Å²) >= 11 is 0. The fraction of sp³-hybridized carbons (Fsp3) is 0.400. The molecule has 18 heavy (non-hydrogen) atoms. The summed E-state index contributed by atoms with van der Waals surface area (Å²) < 4.78 is 0. The molecule has 0 radical (unpaired) electrons. The predicted octanol–water partition coefficient (Wildman–Crippen LogP) is 2.84. The maximum atomic E-state index is 11.4. The third-order valence-electron chi connectivity index (χ3n) is 4.21. The molecule has 3 atom stereocenters. The van der Waals surface area contributed by atoms with Crippen LogP contribution in [0.4, 0.5) is 5.69 Å². The summed E-state index contributed by atoms with van der Waals surface area (Å²) in [5.74, 6) is -0.349. The molecular weight excluding hydrogens is 226 g/mol. The van der Waals surface area contributed by atoms with E-state index in [0.29, 0.717) is 0 Å². The van der Waals surface area contributed by atoms with Gasteiger partial charge in [-0.15, -0.1) is 0 Å². The number of carbonyl (C=O) groups is 1. The van der Waals surface area contributed by atoms with Crippen molar-refractivity contribution in [3.8, 4) is 0 Å². The molecule has 0 unspecified atom stereocenters. The van der Waals surface area contributed by atoms with Crippen LogP contribution < -0.4 is 5.32 Å². The van der Waals surface area contributed by atoms with Crippen molar-refractivity contribution in [2.75, 3.05) is 5.32 Å². The van der Waals surface area contributed by atoms with Crippen molar-refractivity contribution in [3.63, 3.8) is 0 Å². The Labute approximate surface area is 107 Å². The molecule has 0 saturated heterocycles. The molecule has 1 aromatic carbocycles. The molecule has 3 nitrogen and oxygen atoms in total. The molecule has 3 heteroatoms. The Morgan fingerprint density at radius 2 is 2.06 bits per heavy atom. The molecule has 1 aromatic rings. The molecule has 0 fully saturated rings. The topological polar surface area (TPSA) is 49.3 Å². The maximum Gasteiger partial charge on any atom is 0.326 e. The Balaban J connectivity index is 2.17. The van der Waals surface area contributed by atoms with Gasteiger partial charge in [0, 0.05) is 17.5 Å². The Kier molecular flexibility index (Phi) is 2.44. The van der Waals surface area contributed by atoms with Gasteiger partial charge >= 0.3 is 5.97 Å². The second-order valence-electron chi connectivity index (χ2n) is 5.30. The predicted molar refractivity (Wildman–Crippen MR) is 71.0 cm³/mol. The van der Waals surface area contributed by atoms with E-state index < -0.39 is 12.0 Å². The fourth-order valence-corrected chi connectivity index (χ4v) is 3.29. The highest BCUT2D eigenvalue weighted by Crippen LogP contribution is 2.46. The number of hydrogen-bond acceptors (Lipinski definition) is 2. The Morgan fingerprint density at radius 3 is 2.78 bits per heavy atom. The van der Waals surface area contributed by atoms with Crippen molar-refractivity contribution in [3.05, 3.63) is 41.0 Å². The van der Waals surface area contributed by atoms with Gasteiger partial charge in [-0.2, -0.15) is 0 Å². The third kappa shape index (κ3) is 1.47. The molecule has 1 heterocycles. The zero-order valence-corrected chi connectivity index (χ0v) is 10.6. The second-order valence-corrected chi connectivity index (χ2v) is 5.30. The molecular formula is C15H17NO2. The first-order valence-corrected chi connectivity index (χ1v) is 6.35. The van der Waals surface area contributed by atoms with Crippen LogP contribution in [0.1, 0.15) is 29.0 Å². The number of fused-ring (bicyclic) bond motifs is 3. The van der Waals surface area contributed by atoms with E-state index in [9.17, 15) is 9.90 Å². The van der Waals surface area contributed by atoms with Gasteiger partial charge in [-0.3, -0.25) is 0 Å². The first-order valence-electron chi connectivity index (χ1n) is 6.35.